The second-order valence-electron chi connectivity index (χ2n) is 5.77. The average Bonchev–Trinajstić information content (AvgIpc) is 3.22. The molecule has 4 nitrogen and oxygen atoms in total. The van der Waals surface area contributed by atoms with Crippen LogP contribution in [0, 0.1) is 0 Å². The molecule has 0 saturated heterocycles. The Morgan fingerprint density at radius 2 is 2.22 bits per heavy atom. The van der Waals surface area contributed by atoms with Gasteiger partial charge in [0.2, 0.25) is 0 Å². The highest BCUT2D eigenvalue weighted by Crippen LogP contribution is 2.33. The van der Waals surface area contributed by atoms with E-state index in [-0.39, 0.29) is 0 Å². The van der Waals surface area contributed by atoms with Crippen molar-refractivity contribution in [3.8, 4) is 11.1 Å². The van der Waals surface area contributed by atoms with Crippen molar-refractivity contribution in [2.45, 2.75) is 19.3 Å². The van der Waals surface area contributed by atoms with Gasteiger partial charge >= 0.3 is 0 Å². The molecule has 0 bridgehead atoms. The molecule has 1 aliphatic rings. The Morgan fingerprint density at radius 3 is 3.04 bits per heavy atom. The first-order chi connectivity index (χ1) is 11.3. The Morgan fingerprint density at radius 1 is 1.26 bits per heavy atom. The second-order valence-corrected chi connectivity index (χ2v) is 6.20. The zero-order valence-corrected chi connectivity index (χ0v) is 13.4. The van der Waals surface area contributed by atoms with Crippen molar-refractivity contribution in [2.75, 3.05) is 11.9 Å². The average molecular weight is 325 g/mol. The quantitative estimate of drug-likeness (QED) is 0.678. The van der Waals surface area contributed by atoms with Gasteiger partial charge in [0.15, 0.2) is 0 Å². The van der Waals surface area contributed by atoms with E-state index in [2.05, 4.69) is 26.3 Å². The van der Waals surface area contributed by atoms with Gasteiger partial charge in [0.05, 0.1) is 5.39 Å². The van der Waals surface area contributed by atoms with Crippen LogP contribution in [0.25, 0.3) is 22.2 Å². The number of hydrogen-bond acceptors (Lipinski definition) is 3. The van der Waals surface area contributed by atoms with Gasteiger partial charge in [0.1, 0.15) is 17.8 Å². The predicted molar refractivity (Wildman–Crippen MR) is 94.8 cm³/mol. The van der Waals surface area contributed by atoms with Crippen LogP contribution in [0.4, 0.5) is 5.82 Å². The van der Waals surface area contributed by atoms with Crippen molar-refractivity contribution >= 4 is 28.5 Å². The van der Waals surface area contributed by atoms with Gasteiger partial charge in [-0.05, 0) is 37.0 Å². The number of allylic oxidation sites excluding steroid dienone is 1. The molecule has 0 aliphatic heterocycles. The zero-order valence-electron chi connectivity index (χ0n) is 12.6. The largest absolute Gasteiger partial charge is 0.366 e. The molecular weight excluding hydrogens is 308 g/mol. The number of fused-ring (bicyclic) bond motifs is 1. The molecule has 2 N–H and O–H groups in total. The number of aromatic amines is 1. The number of halogens is 1. The first-order valence-electron chi connectivity index (χ1n) is 7.81. The third kappa shape index (κ3) is 2.82. The highest BCUT2D eigenvalue weighted by atomic mass is 35.5. The van der Waals surface area contributed by atoms with E-state index in [1.807, 2.05) is 30.5 Å². The molecule has 1 aliphatic carbocycles. The molecule has 0 saturated carbocycles. The molecule has 0 fully saturated rings. The number of anilines is 1. The number of H-pyrrole nitrogens is 1. The molecule has 0 spiro atoms. The number of rotatable bonds is 4. The van der Waals surface area contributed by atoms with Crippen molar-refractivity contribution < 1.29 is 0 Å². The van der Waals surface area contributed by atoms with Crippen molar-refractivity contribution in [1.82, 2.24) is 15.0 Å². The Bertz CT molecular complexity index is 882. The fraction of sp³-hybridized carbons (Fsp3) is 0.222. The Labute approximate surface area is 139 Å². The lowest BCUT2D eigenvalue weighted by Gasteiger charge is -2.09. The summed E-state index contributed by atoms with van der Waals surface area (Å²) in [6.45, 7) is 0.840. The fourth-order valence-electron chi connectivity index (χ4n) is 3.08. The molecule has 5 heteroatoms. The maximum atomic E-state index is 6.14. The monoisotopic (exact) mass is 324 g/mol. The Kier molecular flexibility index (Phi) is 3.75. The molecule has 23 heavy (non-hydrogen) atoms. The molecule has 0 amide bonds. The van der Waals surface area contributed by atoms with Gasteiger partial charge in [0.25, 0.3) is 0 Å². The Balaban J connectivity index is 1.74. The number of benzene rings is 1. The summed E-state index contributed by atoms with van der Waals surface area (Å²) in [6, 6.07) is 7.84. The molecular formula is C18H17ClN4. The summed E-state index contributed by atoms with van der Waals surface area (Å²) in [4.78, 5) is 12.0. The van der Waals surface area contributed by atoms with E-state index in [1.54, 1.807) is 6.33 Å². The number of hydrogen-bond donors (Lipinski definition) is 2. The summed E-state index contributed by atoms with van der Waals surface area (Å²) >= 11 is 6.14. The maximum Gasteiger partial charge on any atom is 0.143 e. The lowest BCUT2D eigenvalue weighted by atomic mass is 10.1. The number of nitrogens with one attached hydrogen (secondary N) is 2. The first kappa shape index (κ1) is 14.3. The van der Waals surface area contributed by atoms with Crippen molar-refractivity contribution in [3.63, 3.8) is 0 Å². The van der Waals surface area contributed by atoms with E-state index in [4.69, 9.17) is 11.6 Å². The summed E-state index contributed by atoms with van der Waals surface area (Å²) in [5.74, 6) is 0.860. The molecule has 3 aromatic rings. The third-order valence-corrected chi connectivity index (χ3v) is 4.46. The topological polar surface area (TPSA) is 53.6 Å². The molecule has 2 heterocycles. The lowest BCUT2D eigenvalue weighted by molar-refractivity contribution is 0.896. The summed E-state index contributed by atoms with van der Waals surface area (Å²) in [7, 11) is 0. The minimum atomic E-state index is 0.722. The lowest BCUT2D eigenvalue weighted by Crippen LogP contribution is -2.05. The standard InChI is InChI=1S/C18H17ClN4/c19-14-7-3-6-13(8-14)15-10-21-18-16(15)17(22-11-23-18)20-9-12-4-1-2-5-12/h3-4,6-8,10-11H,1-2,5,9H2,(H2,20,21,22,23). The minimum Gasteiger partial charge on any atom is -0.366 e. The highest BCUT2D eigenvalue weighted by molar-refractivity contribution is 6.31. The smallest absolute Gasteiger partial charge is 0.143 e. The molecule has 2 aromatic heterocycles. The van der Waals surface area contributed by atoms with Crippen LogP contribution in [0.3, 0.4) is 0 Å². The van der Waals surface area contributed by atoms with Gasteiger partial charge in [-0.3, -0.25) is 0 Å². The van der Waals surface area contributed by atoms with Gasteiger partial charge in [-0.25, -0.2) is 9.97 Å². The SMILES string of the molecule is Clc1cccc(-c2c[nH]c3ncnc(NCC4=CCCC4)c23)c1. The highest BCUT2D eigenvalue weighted by Gasteiger charge is 2.13. The van der Waals surface area contributed by atoms with Crippen LogP contribution in [-0.2, 0) is 0 Å². The van der Waals surface area contributed by atoms with Crippen LogP contribution in [0.5, 0.6) is 0 Å². The van der Waals surface area contributed by atoms with Crippen molar-refractivity contribution in [1.29, 1.82) is 0 Å². The molecule has 116 valence electrons. The molecule has 1 aromatic carbocycles. The van der Waals surface area contributed by atoms with Crippen LogP contribution in [0.1, 0.15) is 19.3 Å². The van der Waals surface area contributed by atoms with E-state index in [9.17, 15) is 0 Å². The van der Waals surface area contributed by atoms with E-state index in [1.165, 1.54) is 24.8 Å². The van der Waals surface area contributed by atoms with Gasteiger partial charge in [-0.2, -0.15) is 0 Å². The number of aromatic nitrogens is 3. The summed E-state index contributed by atoms with van der Waals surface area (Å²) in [5.41, 5.74) is 4.40. The third-order valence-electron chi connectivity index (χ3n) is 4.22. The first-order valence-corrected chi connectivity index (χ1v) is 8.19. The summed E-state index contributed by atoms with van der Waals surface area (Å²) in [6.07, 6.45) is 9.50. The zero-order chi connectivity index (χ0) is 15.6. The van der Waals surface area contributed by atoms with Crippen LogP contribution >= 0.6 is 11.6 Å². The van der Waals surface area contributed by atoms with Gasteiger partial charge < -0.3 is 10.3 Å². The van der Waals surface area contributed by atoms with Gasteiger partial charge in [-0.1, -0.05) is 35.4 Å². The van der Waals surface area contributed by atoms with E-state index < -0.39 is 0 Å². The van der Waals surface area contributed by atoms with Crippen LogP contribution in [0.15, 0.2) is 48.4 Å². The number of nitrogens with zero attached hydrogens (tertiary/aromatic N) is 2. The van der Waals surface area contributed by atoms with E-state index in [0.717, 1.165) is 39.5 Å². The normalized spacial score (nSPS) is 14.2. The Hall–Kier alpha value is -2.33. The molecule has 0 atom stereocenters. The predicted octanol–water partition coefficient (Wildman–Crippen LogP) is 4.80. The van der Waals surface area contributed by atoms with Crippen LogP contribution in [0.2, 0.25) is 5.02 Å². The molecule has 0 unspecified atom stereocenters. The van der Waals surface area contributed by atoms with Crippen molar-refractivity contribution in [2.24, 2.45) is 0 Å². The van der Waals surface area contributed by atoms with Crippen molar-refractivity contribution in [3.05, 3.63) is 53.5 Å². The molecule has 4 rings (SSSR count). The van der Waals surface area contributed by atoms with Gasteiger partial charge in [0, 0.05) is 23.3 Å². The van der Waals surface area contributed by atoms with Crippen LogP contribution < -0.4 is 5.32 Å². The van der Waals surface area contributed by atoms with E-state index in [0.29, 0.717) is 0 Å². The fourth-order valence-corrected chi connectivity index (χ4v) is 3.27. The second kappa shape index (κ2) is 6.05. The van der Waals surface area contributed by atoms with E-state index >= 15 is 0 Å². The van der Waals surface area contributed by atoms with Gasteiger partial charge in [-0.15, -0.1) is 0 Å². The maximum absolute atomic E-state index is 6.14. The summed E-state index contributed by atoms with van der Waals surface area (Å²) < 4.78 is 0. The van der Waals surface area contributed by atoms with Crippen LogP contribution in [-0.4, -0.2) is 21.5 Å². The summed E-state index contributed by atoms with van der Waals surface area (Å²) in [5, 5.41) is 5.20. The minimum absolute atomic E-state index is 0.722. The molecule has 0 radical (unpaired) electrons.